The Morgan fingerprint density at radius 1 is 0.974 bits per heavy atom. The number of hydrogen-bond acceptors (Lipinski definition) is 10. The lowest BCUT2D eigenvalue weighted by molar-refractivity contribution is -0.305. The van der Waals surface area contributed by atoms with Crippen LogP contribution in [0.15, 0.2) is 30.3 Å². The summed E-state index contributed by atoms with van der Waals surface area (Å²) < 4.78 is 29.8. The Morgan fingerprint density at radius 2 is 1.61 bits per heavy atom. The minimum Gasteiger partial charge on any atom is -0.465 e. The largest absolute Gasteiger partial charge is 0.465 e. The summed E-state index contributed by atoms with van der Waals surface area (Å²) in [6, 6.07) is 8.28. The molecule has 8 unspecified atom stereocenters. The van der Waals surface area contributed by atoms with Crippen molar-refractivity contribution in [3.8, 4) is 0 Å². The number of fused-ring (bicyclic) bond motifs is 1. The number of carbonyl (C=O) groups excluding carboxylic acids is 4. The summed E-state index contributed by atoms with van der Waals surface area (Å²) in [5, 5.41) is 12.0. The van der Waals surface area contributed by atoms with E-state index in [1.165, 1.54) is 20.8 Å². The van der Waals surface area contributed by atoms with Gasteiger partial charge in [-0.3, -0.25) is 14.4 Å². The van der Waals surface area contributed by atoms with Crippen LogP contribution in [0.1, 0.15) is 64.7 Å². The number of rotatable bonds is 6. The predicted molar refractivity (Wildman–Crippen MR) is 132 cm³/mol. The van der Waals surface area contributed by atoms with Gasteiger partial charge in [0.25, 0.3) is 0 Å². The summed E-state index contributed by atoms with van der Waals surface area (Å²) in [6.07, 6.45) is -4.23. The molecule has 2 aliphatic carbocycles. The second-order valence-corrected chi connectivity index (χ2v) is 11.2. The molecule has 1 heterocycles. The highest BCUT2D eigenvalue weighted by Crippen LogP contribution is 2.67. The van der Waals surface area contributed by atoms with E-state index in [1.54, 1.807) is 30.3 Å². The quantitative estimate of drug-likeness (QED) is 0.430. The van der Waals surface area contributed by atoms with Crippen molar-refractivity contribution in [2.24, 2.45) is 17.3 Å². The number of carbonyl (C=O) groups is 4. The van der Waals surface area contributed by atoms with E-state index in [1.807, 2.05) is 20.8 Å². The molecule has 1 aromatic rings. The maximum absolute atomic E-state index is 13.5. The molecule has 3 fully saturated rings. The van der Waals surface area contributed by atoms with E-state index in [0.717, 1.165) is 0 Å². The highest BCUT2D eigenvalue weighted by Gasteiger charge is 2.80. The van der Waals surface area contributed by atoms with Gasteiger partial charge >= 0.3 is 23.9 Å². The number of aliphatic hydroxyl groups is 1. The lowest BCUT2D eigenvalue weighted by atomic mass is 9.48. The molecule has 1 aromatic carbocycles. The van der Waals surface area contributed by atoms with Gasteiger partial charge < -0.3 is 28.8 Å². The first-order valence-electron chi connectivity index (χ1n) is 12.9. The van der Waals surface area contributed by atoms with Crippen molar-refractivity contribution in [1.29, 1.82) is 0 Å². The van der Waals surface area contributed by atoms with Crippen LogP contribution in [0.2, 0.25) is 0 Å². The molecule has 4 rings (SSSR count). The fourth-order valence-corrected chi connectivity index (χ4v) is 6.98. The maximum atomic E-state index is 13.5. The zero-order valence-corrected chi connectivity index (χ0v) is 22.6. The molecule has 1 saturated heterocycles. The van der Waals surface area contributed by atoms with Crippen LogP contribution >= 0.6 is 0 Å². The molecule has 1 N–H and O–H groups in total. The summed E-state index contributed by atoms with van der Waals surface area (Å²) in [5.74, 6) is -3.28. The fraction of sp³-hybridized carbons (Fsp3) is 0.643. The third kappa shape index (κ3) is 4.47. The zero-order valence-electron chi connectivity index (χ0n) is 22.6. The van der Waals surface area contributed by atoms with Crippen LogP contribution in [0.4, 0.5) is 0 Å². The van der Waals surface area contributed by atoms with E-state index in [9.17, 15) is 24.3 Å². The number of aliphatic hydroxyl groups excluding tert-OH is 1. The molecular weight excluding hydrogens is 496 g/mol. The molecule has 8 atom stereocenters. The van der Waals surface area contributed by atoms with Gasteiger partial charge in [-0.15, -0.1) is 0 Å². The normalized spacial score (nSPS) is 36.9. The van der Waals surface area contributed by atoms with Crippen LogP contribution in [-0.4, -0.2) is 71.2 Å². The topological polar surface area (TPSA) is 135 Å². The van der Waals surface area contributed by atoms with Crippen molar-refractivity contribution in [3.63, 3.8) is 0 Å². The molecule has 38 heavy (non-hydrogen) atoms. The van der Waals surface area contributed by atoms with E-state index in [2.05, 4.69) is 0 Å². The summed E-state index contributed by atoms with van der Waals surface area (Å²) in [5.41, 5.74) is -3.41. The van der Waals surface area contributed by atoms with Gasteiger partial charge in [0.2, 0.25) is 0 Å². The molecule has 10 heteroatoms. The third-order valence-corrected chi connectivity index (χ3v) is 8.49. The first-order valence-corrected chi connectivity index (χ1v) is 12.9. The molecule has 0 radical (unpaired) electrons. The van der Waals surface area contributed by atoms with Crippen molar-refractivity contribution >= 4 is 23.9 Å². The van der Waals surface area contributed by atoms with Crippen LogP contribution in [0.3, 0.4) is 0 Å². The van der Waals surface area contributed by atoms with Gasteiger partial charge in [0.15, 0.2) is 6.10 Å². The van der Waals surface area contributed by atoms with E-state index in [4.69, 9.17) is 23.7 Å². The third-order valence-electron chi connectivity index (χ3n) is 8.49. The lowest BCUT2D eigenvalue weighted by Crippen LogP contribution is -2.76. The molecule has 3 aliphatic rings. The molecule has 1 aliphatic heterocycles. The van der Waals surface area contributed by atoms with Crippen LogP contribution in [-0.2, 0) is 38.1 Å². The van der Waals surface area contributed by atoms with Crippen LogP contribution in [0.5, 0.6) is 0 Å². The number of ether oxygens (including phenoxy) is 5. The molecular formula is C28H36O10. The highest BCUT2D eigenvalue weighted by atomic mass is 16.6. The Labute approximate surface area is 221 Å². The van der Waals surface area contributed by atoms with Crippen molar-refractivity contribution in [2.75, 3.05) is 6.61 Å². The molecule has 0 aromatic heterocycles. The minimum absolute atomic E-state index is 0.249. The molecule has 2 saturated carbocycles. The van der Waals surface area contributed by atoms with Gasteiger partial charge in [0.05, 0.1) is 16.8 Å². The van der Waals surface area contributed by atoms with Gasteiger partial charge in [0, 0.05) is 26.7 Å². The molecule has 0 amide bonds. The van der Waals surface area contributed by atoms with Gasteiger partial charge in [-0.25, -0.2) is 4.79 Å². The number of benzene rings is 1. The Bertz CT molecular complexity index is 1100. The summed E-state index contributed by atoms with van der Waals surface area (Å²) >= 11 is 0. The monoisotopic (exact) mass is 532 g/mol. The fourth-order valence-electron chi connectivity index (χ4n) is 6.98. The van der Waals surface area contributed by atoms with E-state index in [-0.39, 0.29) is 17.9 Å². The second-order valence-electron chi connectivity index (χ2n) is 11.2. The zero-order chi connectivity index (χ0) is 28.0. The Morgan fingerprint density at radius 3 is 2.18 bits per heavy atom. The standard InChI is InChI=1S/C28H36O10/c1-15-12-21(35-17(3)30)23(32)27(14-34-16(2)29)24(37-25(33)19-10-8-7-9-11-19)22(36-18(4)31)20-13-28(15,27)38-26(20,5)6/h7-11,15,20-24,32H,12-14H2,1-6H3. The Kier molecular flexibility index (Phi) is 7.35. The van der Waals surface area contributed by atoms with Gasteiger partial charge in [0.1, 0.15) is 30.3 Å². The highest BCUT2D eigenvalue weighted by molar-refractivity contribution is 5.89. The summed E-state index contributed by atoms with van der Waals surface area (Å²) in [4.78, 5) is 50.0. The van der Waals surface area contributed by atoms with Crippen molar-refractivity contribution < 1.29 is 48.0 Å². The van der Waals surface area contributed by atoms with Crippen LogP contribution in [0.25, 0.3) is 0 Å². The molecule has 208 valence electrons. The van der Waals surface area contributed by atoms with Crippen LogP contribution in [0, 0.1) is 17.3 Å². The van der Waals surface area contributed by atoms with Gasteiger partial charge in [-0.1, -0.05) is 25.1 Å². The average Bonchev–Trinajstić information content (AvgIpc) is 3.09. The van der Waals surface area contributed by atoms with E-state index >= 15 is 0 Å². The van der Waals surface area contributed by atoms with E-state index < -0.39 is 77.4 Å². The number of esters is 4. The average molecular weight is 533 g/mol. The predicted octanol–water partition coefficient (Wildman–Crippen LogP) is 2.59. The van der Waals surface area contributed by atoms with Crippen molar-refractivity contribution in [2.45, 2.75) is 90.0 Å². The summed E-state index contributed by atoms with van der Waals surface area (Å²) in [7, 11) is 0. The molecule has 1 spiro atoms. The van der Waals surface area contributed by atoms with Gasteiger partial charge in [-0.2, -0.15) is 0 Å². The van der Waals surface area contributed by atoms with Crippen molar-refractivity contribution in [3.05, 3.63) is 35.9 Å². The first-order chi connectivity index (χ1) is 17.7. The van der Waals surface area contributed by atoms with E-state index in [0.29, 0.717) is 6.42 Å². The lowest BCUT2D eigenvalue weighted by Gasteiger charge is -2.62. The summed E-state index contributed by atoms with van der Waals surface area (Å²) in [6.45, 7) is 8.92. The van der Waals surface area contributed by atoms with Crippen molar-refractivity contribution in [1.82, 2.24) is 0 Å². The number of hydrogen-bond donors (Lipinski definition) is 1. The Hall–Kier alpha value is -2.98. The van der Waals surface area contributed by atoms with Crippen LogP contribution < -0.4 is 0 Å². The van der Waals surface area contributed by atoms with Gasteiger partial charge in [-0.05, 0) is 44.7 Å². The minimum atomic E-state index is -1.63. The molecule has 10 nitrogen and oxygen atoms in total. The SMILES string of the molecule is CC(=O)OCC12C(O)C(OC(C)=O)CC(C)C13CC(C(OC(C)=O)C2OC(=O)c1ccccc1)C(C)(C)O3. The smallest absolute Gasteiger partial charge is 0.338 e. The Balaban J connectivity index is 1.95. The first kappa shape index (κ1) is 28.0. The second kappa shape index (κ2) is 9.96. The molecule has 2 bridgehead atoms. The maximum Gasteiger partial charge on any atom is 0.338 e.